The summed E-state index contributed by atoms with van der Waals surface area (Å²) in [6.45, 7) is 1.96. The molecule has 0 saturated carbocycles. The summed E-state index contributed by atoms with van der Waals surface area (Å²) in [6, 6.07) is 15.6. The fraction of sp³-hybridized carbons (Fsp3) is 0.0588. The number of halogens is 4. The molecule has 0 aliphatic heterocycles. The summed E-state index contributed by atoms with van der Waals surface area (Å²) in [5, 5.41) is 29.7. The maximum atomic E-state index is 12.6. The first-order valence-corrected chi connectivity index (χ1v) is 21.4. The van der Waals surface area contributed by atoms with Crippen LogP contribution in [-0.2, 0) is 9.84 Å². The smallest absolute Gasteiger partial charge is 0.339 e. The van der Waals surface area contributed by atoms with Crippen molar-refractivity contribution in [2.24, 2.45) is 0 Å². The van der Waals surface area contributed by atoms with E-state index in [1.54, 1.807) is 35.0 Å². The van der Waals surface area contributed by atoms with E-state index in [0.29, 0.717) is 26.0 Å². The number of sulfone groups is 1. The molecule has 0 saturated heterocycles. The molecule has 53 heavy (non-hydrogen) atoms. The van der Waals surface area contributed by atoms with Gasteiger partial charge in [0.25, 0.3) is 11.8 Å². The Morgan fingerprint density at radius 3 is 1.62 bits per heavy atom. The second-order valence-electron chi connectivity index (χ2n) is 10.9. The molecule has 10 nitrogen and oxygen atoms in total. The second-order valence-corrected chi connectivity index (χ2v) is 18.6. The number of amides is 2. The molecule has 4 heterocycles. The lowest BCUT2D eigenvalue weighted by Crippen LogP contribution is -2.13. The summed E-state index contributed by atoms with van der Waals surface area (Å²) in [4.78, 5) is 48.3. The van der Waals surface area contributed by atoms with Gasteiger partial charge in [-0.15, -0.1) is 45.3 Å². The minimum absolute atomic E-state index is 0.0140. The van der Waals surface area contributed by atoms with E-state index in [4.69, 9.17) is 46.4 Å². The average Bonchev–Trinajstić information content (AvgIpc) is 3.87. The van der Waals surface area contributed by atoms with Crippen molar-refractivity contribution in [2.45, 2.75) is 11.8 Å². The Labute approximate surface area is 338 Å². The van der Waals surface area contributed by atoms with Crippen molar-refractivity contribution in [1.82, 2.24) is 0 Å². The largest absolute Gasteiger partial charge is 0.478 e. The van der Waals surface area contributed by atoms with E-state index in [2.05, 4.69) is 10.6 Å². The number of thiophene rings is 4. The summed E-state index contributed by atoms with van der Waals surface area (Å²) in [6.07, 6.45) is 0.989. The van der Waals surface area contributed by atoms with Crippen molar-refractivity contribution < 1.29 is 37.8 Å². The van der Waals surface area contributed by atoms with Crippen LogP contribution in [0.3, 0.4) is 0 Å². The fourth-order valence-electron chi connectivity index (χ4n) is 4.67. The van der Waals surface area contributed by atoms with Gasteiger partial charge in [-0.3, -0.25) is 9.59 Å². The van der Waals surface area contributed by atoms with Gasteiger partial charge in [0.1, 0.15) is 30.3 Å². The number of anilines is 2. The molecule has 0 fully saturated rings. The van der Waals surface area contributed by atoms with E-state index in [1.807, 2.05) is 31.2 Å². The third-order valence-electron chi connectivity index (χ3n) is 7.19. The number of benzene rings is 2. The van der Waals surface area contributed by atoms with Gasteiger partial charge < -0.3 is 20.8 Å². The molecular formula is C34H22Cl4N2O8S5. The Balaban J connectivity index is 0.000000206. The Morgan fingerprint density at radius 1 is 0.698 bits per heavy atom. The van der Waals surface area contributed by atoms with Crippen LogP contribution in [0.25, 0.3) is 22.3 Å². The number of carboxylic acid groups (broad SMARTS) is 2. The number of hydrogen-bond acceptors (Lipinski definition) is 10. The van der Waals surface area contributed by atoms with Gasteiger partial charge in [-0.05, 0) is 36.2 Å². The van der Waals surface area contributed by atoms with Crippen LogP contribution < -0.4 is 10.6 Å². The summed E-state index contributed by atoms with van der Waals surface area (Å²) >= 11 is 27.9. The highest BCUT2D eigenvalue weighted by Crippen LogP contribution is 2.39. The SMILES string of the molecule is CS(=O)(=O)c1csc(C(=O)Nc2scc(-c3ccc(Cl)cc3)c2C(=O)O)c1Cl.Cc1ccc(-c2csc(NC(=O)c3cc(Cl)sc3Cl)c2C(=O)O)cc1. The molecule has 274 valence electrons. The van der Waals surface area contributed by atoms with E-state index in [-0.39, 0.29) is 45.8 Å². The van der Waals surface area contributed by atoms with E-state index < -0.39 is 33.6 Å². The summed E-state index contributed by atoms with van der Waals surface area (Å²) < 4.78 is 24.0. The van der Waals surface area contributed by atoms with Gasteiger partial charge in [0.2, 0.25) is 0 Å². The molecule has 0 aliphatic carbocycles. The zero-order valence-corrected chi connectivity index (χ0v) is 33.9. The van der Waals surface area contributed by atoms with Crippen LogP contribution in [0.15, 0.2) is 75.6 Å². The predicted octanol–water partition coefficient (Wildman–Crippen LogP) is 11.2. The van der Waals surface area contributed by atoms with Crippen LogP contribution >= 0.6 is 91.8 Å². The van der Waals surface area contributed by atoms with Gasteiger partial charge in [0.05, 0.1) is 19.8 Å². The lowest BCUT2D eigenvalue weighted by atomic mass is 10.0. The molecule has 19 heteroatoms. The zero-order chi connectivity index (χ0) is 38.8. The van der Waals surface area contributed by atoms with Crippen LogP contribution in [0.1, 0.15) is 46.3 Å². The van der Waals surface area contributed by atoms with Crippen LogP contribution in [0.2, 0.25) is 18.7 Å². The summed E-state index contributed by atoms with van der Waals surface area (Å²) in [5.41, 5.74) is 3.67. The third-order valence-corrected chi connectivity index (χ3v) is 13.6. The summed E-state index contributed by atoms with van der Waals surface area (Å²) in [5.74, 6) is -3.50. The van der Waals surface area contributed by atoms with Crippen molar-refractivity contribution in [3.63, 3.8) is 0 Å². The minimum atomic E-state index is -3.58. The maximum absolute atomic E-state index is 12.6. The molecule has 6 rings (SSSR count). The molecule has 0 aliphatic rings. The first-order valence-electron chi connectivity index (χ1n) is 14.5. The number of carboxylic acids is 2. The number of carbonyl (C=O) groups is 4. The first kappa shape index (κ1) is 40.4. The number of aryl methyl sites for hydroxylation is 1. The monoisotopic (exact) mass is 886 g/mol. The Hall–Kier alpha value is -3.77. The number of aromatic carboxylic acids is 2. The van der Waals surface area contributed by atoms with Gasteiger partial charge in [-0.2, -0.15) is 0 Å². The van der Waals surface area contributed by atoms with Gasteiger partial charge in [-0.1, -0.05) is 88.4 Å². The van der Waals surface area contributed by atoms with Crippen LogP contribution in [0, 0.1) is 6.92 Å². The van der Waals surface area contributed by atoms with Gasteiger partial charge in [0.15, 0.2) is 9.84 Å². The fourth-order valence-corrected chi connectivity index (χ4v) is 11.0. The number of carbonyl (C=O) groups excluding carboxylic acids is 2. The van der Waals surface area contributed by atoms with E-state index in [1.165, 1.54) is 11.4 Å². The predicted molar refractivity (Wildman–Crippen MR) is 216 cm³/mol. The Morgan fingerprint density at radius 2 is 1.19 bits per heavy atom. The lowest BCUT2D eigenvalue weighted by molar-refractivity contribution is 0.0688. The highest BCUT2D eigenvalue weighted by Gasteiger charge is 2.26. The molecule has 4 N–H and O–H groups in total. The van der Waals surface area contributed by atoms with Crippen molar-refractivity contribution in [2.75, 3.05) is 16.9 Å². The second kappa shape index (κ2) is 16.7. The van der Waals surface area contributed by atoms with Gasteiger partial charge in [-0.25, -0.2) is 18.0 Å². The van der Waals surface area contributed by atoms with E-state index >= 15 is 0 Å². The van der Waals surface area contributed by atoms with Gasteiger partial charge >= 0.3 is 11.9 Å². The van der Waals surface area contributed by atoms with Crippen LogP contribution in [0.5, 0.6) is 0 Å². The number of nitrogens with one attached hydrogen (secondary N) is 2. The van der Waals surface area contributed by atoms with Crippen molar-refractivity contribution in [1.29, 1.82) is 0 Å². The number of rotatable bonds is 9. The highest BCUT2D eigenvalue weighted by atomic mass is 35.5. The molecule has 0 radical (unpaired) electrons. The molecule has 4 aromatic heterocycles. The lowest BCUT2D eigenvalue weighted by Gasteiger charge is -2.06. The van der Waals surface area contributed by atoms with E-state index in [0.717, 1.165) is 62.7 Å². The Kier molecular flexibility index (Phi) is 12.7. The highest BCUT2D eigenvalue weighted by molar-refractivity contribution is 7.91. The van der Waals surface area contributed by atoms with Crippen molar-refractivity contribution in [3.05, 3.63) is 117 Å². The number of hydrogen-bond donors (Lipinski definition) is 4. The van der Waals surface area contributed by atoms with Crippen LogP contribution in [-0.4, -0.2) is 48.6 Å². The molecule has 6 aromatic rings. The minimum Gasteiger partial charge on any atom is -0.478 e. The molecule has 0 unspecified atom stereocenters. The molecule has 0 bridgehead atoms. The molecule has 2 aromatic carbocycles. The molecule has 0 spiro atoms. The third kappa shape index (κ3) is 9.31. The van der Waals surface area contributed by atoms with Crippen molar-refractivity contribution >= 4 is 135 Å². The van der Waals surface area contributed by atoms with Gasteiger partial charge in [0, 0.05) is 38.5 Å². The van der Waals surface area contributed by atoms with Crippen LogP contribution in [0.4, 0.5) is 10.0 Å². The Bertz CT molecular complexity index is 2490. The van der Waals surface area contributed by atoms with E-state index in [9.17, 15) is 37.8 Å². The maximum Gasteiger partial charge on any atom is 0.339 e. The van der Waals surface area contributed by atoms with Crippen molar-refractivity contribution in [3.8, 4) is 22.3 Å². The quantitative estimate of drug-likeness (QED) is 0.111. The molecular weight excluding hydrogens is 867 g/mol. The molecule has 2 amide bonds. The topological polar surface area (TPSA) is 167 Å². The normalized spacial score (nSPS) is 11.1. The standard InChI is InChI=1S/C17H11Cl2NO5S3.C17H11Cl2NO3S2/c1-28(24,25)11-7-26-14(13(11)19)15(21)20-16-12(17(22)23)10(6-27-16)8-2-4-9(18)5-3-8;1-8-2-4-9(5-3-8)11-7-24-16(13(11)17(22)23)20-15(21)10-6-12(18)25-14(10)19/h2-7H,1H3,(H,20,21)(H,22,23);2-7H,1H3,(H,20,21)(H,22,23). The first-order chi connectivity index (χ1) is 25.0. The average molecular weight is 889 g/mol. The molecule has 0 atom stereocenters. The zero-order valence-electron chi connectivity index (χ0n) is 26.8. The summed E-state index contributed by atoms with van der Waals surface area (Å²) in [7, 11) is -3.58.